The molecule has 1 aliphatic heterocycles. The number of piperazine rings is 1. The first kappa shape index (κ1) is 10.4. The smallest absolute Gasteiger partial charge is 0.0961 e. The van der Waals surface area contributed by atoms with Crippen molar-refractivity contribution in [3.05, 3.63) is 0 Å². The van der Waals surface area contributed by atoms with Crippen molar-refractivity contribution in [3.8, 4) is 0 Å². The molecule has 0 aromatic heterocycles. The second-order valence-corrected chi connectivity index (χ2v) is 5.08. The zero-order valence-corrected chi connectivity index (χ0v) is 9.57. The van der Waals surface area contributed by atoms with Crippen LogP contribution in [0.2, 0.25) is 0 Å². The molecule has 1 saturated carbocycles. The van der Waals surface area contributed by atoms with Gasteiger partial charge in [-0.25, -0.2) is 0 Å². The van der Waals surface area contributed by atoms with Crippen molar-refractivity contribution in [2.24, 2.45) is 0 Å². The Morgan fingerprint density at radius 2 is 1.71 bits per heavy atom. The van der Waals surface area contributed by atoms with Gasteiger partial charge in [-0.15, -0.1) is 0 Å². The van der Waals surface area contributed by atoms with E-state index in [1.807, 2.05) is 7.11 Å². The summed E-state index contributed by atoms with van der Waals surface area (Å²) in [6, 6.07) is 2.33. The molecule has 2 aliphatic rings. The van der Waals surface area contributed by atoms with Crippen molar-refractivity contribution >= 4 is 0 Å². The third-order valence-corrected chi connectivity index (χ3v) is 3.62. The normalized spacial score (nSPS) is 44.8. The van der Waals surface area contributed by atoms with Crippen LogP contribution in [0.4, 0.5) is 0 Å². The van der Waals surface area contributed by atoms with E-state index in [2.05, 4.69) is 24.1 Å². The van der Waals surface area contributed by atoms with Crippen LogP contribution in [-0.4, -0.2) is 49.3 Å². The topological polar surface area (TPSA) is 29.1 Å². The molecule has 14 heavy (non-hydrogen) atoms. The van der Waals surface area contributed by atoms with Crippen LogP contribution >= 0.6 is 0 Å². The van der Waals surface area contributed by atoms with Gasteiger partial charge in [0.15, 0.2) is 0 Å². The molecule has 0 aromatic rings. The molecule has 3 nitrogen and oxygen atoms in total. The van der Waals surface area contributed by atoms with Gasteiger partial charge in [0.1, 0.15) is 0 Å². The van der Waals surface area contributed by atoms with E-state index in [9.17, 15) is 0 Å². The highest BCUT2D eigenvalue weighted by molar-refractivity contribution is 4.89. The van der Waals surface area contributed by atoms with Gasteiger partial charge in [0.2, 0.25) is 0 Å². The average Bonchev–Trinajstić information content (AvgIpc) is 2.00. The predicted molar refractivity (Wildman–Crippen MR) is 56.2 cm³/mol. The van der Waals surface area contributed by atoms with Crippen LogP contribution in [0.1, 0.15) is 26.7 Å². The molecule has 1 heterocycles. The fourth-order valence-electron chi connectivity index (χ4n) is 2.82. The monoisotopic (exact) mass is 199 g/mol. The predicted octanol–water partition coefficient (Wildman–Crippen LogP) is -0.180. The molecular formula is C11H23N2O+. The number of hydrogen-bond acceptors (Lipinski definition) is 2. The Hall–Kier alpha value is -0.120. The second kappa shape index (κ2) is 4.17. The molecule has 1 aliphatic carbocycles. The standard InChI is InChI=1S/C11H22N2O/c1-8-6-13(7-9(2)12-8)10-4-11(5-10)14-3/h8-12H,4-7H2,1-3H3/p+1/t8-,9-,10?,11?/m0/s1. The van der Waals surface area contributed by atoms with E-state index in [4.69, 9.17) is 4.74 Å². The molecule has 1 saturated heterocycles. The highest BCUT2D eigenvalue weighted by Crippen LogP contribution is 2.28. The molecule has 0 spiro atoms. The first-order chi connectivity index (χ1) is 6.69. The number of nitrogens with two attached hydrogens (primary N) is 1. The minimum atomic E-state index is 0.538. The summed E-state index contributed by atoms with van der Waals surface area (Å²) in [4.78, 5) is 2.66. The molecule has 0 amide bonds. The quantitative estimate of drug-likeness (QED) is 0.668. The van der Waals surface area contributed by atoms with E-state index in [0.717, 1.165) is 18.1 Å². The summed E-state index contributed by atoms with van der Waals surface area (Å²) in [5.41, 5.74) is 0. The summed E-state index contributed by atoms with van der Waals surface area (Å²) in [7, 11) is 1.83. The molecule has 0 bridgehead atoms. The molecular weight excluding hydrogens is 176 g/mol. The molecule has 2 fully saturated rings. The first-order valence-corrected chi connectivity index (χ1v) is 5.81. The largest absolute Gasteiger partial charge is 0.381 e. The lowest BCUT2D eigenvalue weighted by Gasteiger charge is -2.45. The number of methoxy groups -OCH3 is 1. The van der Waals surface area contributed by atoms with Gasteiger partial charge in [0.05, 0.1) is 31.3 Å². The van der Waals surface area contributed by atoms with E-state index < -0.39 is 0 Å². The minimum absolute atomic E-state index is 0.538. The SMILES string of the molecule is COC1CC(N2C[C@H](C)[NH2+][C@@H](C)C2)C1. The zero-order chi connectivity index (χ0) is 10.1. The van der Waals surface area contributed by atoms with E-state index in [1.54, 1.807) is 0 Å². The summed E-state index contributed by atoms with van der Waals surface area (Å²) < 4.78 is 5.33. The van der Waals surface area contributed by atoms with E-state index in [-0.39, 0.29) is 0 Å². The van der Waals surface area contributed by atoms with Crippen molar-refractivity contribution in [1.29, 1.82) is 0 Å². The summed E-state index contributed by atoms with van der Waals surface area (Å²) in [6.07, 6.45) is 3.03. The lowest BCUT2D eigenvalue weighted by atomic mass is 9.86. The third kappa shape index (κ3) is 2.10. The van der Waals surface area contributed by atoms with Crippen molar-refractivity contribution in [1.82, 2.24) is 4.90 Å². The van der Waals surface area contributed by atoms with Gasteiger partial charge in [0.25, 0.3) is 0 Å². The molecule has 0 unspecified atom stereocenters. The molecule has 82 valence electrons. The van der Waals surface area contributed by atoms with Crippen LogP contribution in [0.15, 0.2) is 0 Å². The number of ether oxygens (including phenoxy) is 1. The Morgan fingerprint density at radius 3 is 2.21 bits per heavy atom. The summed E-state index contributed by atoms with van der Waals surface area (Å²) >= 11 is 0. The van der Waals surface area contributed by atoms with Gasteiger partial charge in [-0.05, 0) is 26.7 Å². The van der Waals surface area contributed by atoms with Crippen LogP contribution in [0.5, 0.6) is 0 Å². The number of quaternary nitrogens is 1. The van der Waals surface area contributed by atoms with Crippen LogP contribution in [0.25, 0.3) is 0 Å². The summed E-state index contributed by atoms with van der Waals surface area (Å²) in [5, 5.41) is 2.49. The van der Waals surface area contributed by atoms with Gasteiger partial charge >= 0.3 is 0 Å². The van der Waals surface area contributed by atoms with Gasteiger partial charge in [-0.1, -0.05) is 0 Å². The average molecular weight is 199 g/mol. The fraction of sp³-hybridized carbons (Fsp3) is 1.00. The van der Waals surface area contributed by atoms with Gasteiger partial charge in [-0.2, -0.15) is 0 Å². The minimum Gasteiger partial charge on any atom is -0.381 e. The lowest BCUT2D eigenvalue weighted by Crippen LogP contribution is -2.99. The number of rotatable bonds is 2. The van der Waals surface area contributed by atoms with Crippen LogP contribution in [-0.2, 0) is 4.74 Å². The highest BCUT2D eigenvalue weighted by Gasteiger charge is 2.37. The Morgan fingerprint density at radius 1 is 1.14 bits per heavy atom. The van der Waals surface area contributed by atoms with Gasteiger partial charge in [-0.3, -0.25) is 4.90 Å². The van der Waals surface area contributed by atoms with E-state index in [0.29, 0.717) is 6.10 Å². The fourth-order valence-corrected chi connectivity index (χ4v) is 2.82. The molecule has 0 aromatic carbocycles. The maximum absolute atomic E-state index is 5.33. The Bertz CT molecular complexity index is 182. The zero-order valence-electron chi connectivity index (χ0n) is 9.57. The first-order valence-electron chi connectivity index (χ1n) is 5.81. The van der Waals surface area contributed by atoms with Crippen molar-refractivity contribution < 1.29 is 10.1 Å². The Labute approximate surface area is 86.8 Å². The maximum atomic E-state index is 5.33. The van der Waals surface area contributed by atoms with Crippen molar-refractivity contribution in [2.45, 2.75) is 50.9 Å². The molecule has 2 rings (SSSR count). The molecule has 2 N–H and O–H groups in total. The van der Waals surface area contributed by atoms with E-state index >= 15 is 0 Å². The van der Waals surface area contributed by atoms with E-state index in [1.165, 1.54) is 25.9 Å². The summed E-state index contributed by atoms with van der Waals surface area (Å²) in [6.45, 7) is 7.17. The maximum Gasteiger partial charge on any atom is 0.0961 e. The van der Waals surface area contributed by atoms with Crippen molar-refractivity contribution in [2.75, 3.05) is 20.2 Å². The van der Waals surface area contributed by atoms with Gasteiger partial charge < -0.3 is 10.1 Å². The second-order valence-electron chi connectivity index (χ2n) is 5.08. The number of nitrogens with zero attached hydrogens (tertiary/aromatic N) is 1. The Kier molecular flexibility index (Phi) is 3.10. The third-order valence-electron chi connectivity index (χ3n) is 3.62. The van der Waals surface area contributed by atoms with Crippen molar-refractivity contribution in [3.63, 3.8) is 0 Å². The van der Waals surface area contributed by atoms with Gasteiger partial charge in [0, 0.05) is 13.2 Å². The Balaban J connectivity index is 1.81. The lowest BCUT2D eigenvalue weighted by molar-refractivity contribution is -0.725. The van der Waals surface area contributed by atoms with Crippen LogP contribution < -0.4 is 5.32 Å². The number of hydrogen-bond donors (Lipinski definition) is 1. The molecule has 2 atom stereocenters. The molecule has 3 heteroatoms. The summed E-state index contributed by atoms with van der Waals surface area (Å²) in [5.74, 6) is 0. The van der Waals surface area contributed by atoms with Crippen LogP contribution in [0.3, 0.4) is 0 Å². The van der Waals surface area contributed by atoms with Crippen LogP contribution in [0, 0.1) is 0 Å². The highest BCUT2D eigenvalue weighted by atomic mass is 16.5. The molecule has 0 radical (unpaired) electrons.